The fraction of sp³-hybridized carbons (Fsp3) is 0.318. The molecule has 120 valence electrons. The van der Waals surface area contributed by atoms with E-state index in [1.807, 2.05) is 18.2 Å². The van der Waals surface area contributed by atoms with Crippen LogP contribution in [0.15, 0.2) is 42.0 Å². The zero-order valence-corrected chi connectivity index (χ0v) is 13.8. The van der Waals surface area contributed by atoms with Crippen LogP contribution < -0.4 is 4.90 Å². The highest BCUT2D eigenvalue weighted by Gasteiger charge is 2.26. The average Bonchev–Trinajstić information content (AvgIpc) is 2.92. The Bertz CT molecular complexity index is 846. The molecule has 2 heteroatoms. The van der Waals surface area contributed by atoms with Gasteiger partial charge in [0.2, 0.25) is 0 Å². The molecule has 2 aliphatic heterocycles. The molecule has 0 N–H and O–H groups in total. The van der Waals surface area contributed by atoms with Crippen molar-refractivity contribution >= 4 is 17.5 Å². The van der Waals surface area contributed by atoms with Crippen LogP contribution >= 0.6 is 0 Å². The molecule has 3 aliphatic rings. The normalized spacial score (nSPS) is 20.2. The predicted octanol–water partition coefficient (Wildman–Crippen LogP) is 4.21. The Balaban J connectivity index is 1.56. The molecule has 2 aromatic carbocycles. The second-order valence-electron chi connectivity index (χ2n) is 7.21. The van der Waals surface area contributed by atoms with Gasteiger partial charge >= 0.3 is 0 Å². The van der Waals surface area contributed by atoms with Gasteiger partial charge in [-0.05, 0) is 66.1 Å². The second kappa shape index (κ2) is 5.34. The largest absolute Gasteiger partial charge is 0.371 e. The Labute approximate surface area is 142 Å². The highest BCUT2D eigenvalue weighted by atomic mass is 16.1. The summed E-state index contributed by atoms with van der Waals surface area (Å²) >= 11 is 0. The number of aryl methyl sites for hydroxylation is 2. The van der Waals surface area contributed by atoms with Crippen LogP contribution in [0, 0.1) is 0 Å². The molecule has 0 bridgehead atoms. The van der Waals surface area contributed by atoms with E-state index in [1.165, 1.54) is 66.7 Å². The molecule has 0 saturated heterocycles. The lowest BCUT2D eigenvalue weighted by Gasteiger charge is -2.37. The Hall–Kier alpha value is -2.35. The smallest absolute Gasteiger partial charge is 0.189 e. The summed E-state index contributed by atoms with van der Waals surface area (Å²) in [6.07, 6.45) is 7.74. The molecular weight excluding hydrogens is 294 g/mol. The Kier molecular flexibility index (Phi) is 3.12. The van der Waals surface area contributed by atoms with Gasteiger partial charge in [-0.25, -0.2) is 0 Å². The Morgan fingerprint density at radius 1 is 0.917 bits per heavy atom. The third-order valence-corrected chi connectivity index (χ3v) is 5.63. The maximum Gasteiger partial charge on any atom is 0.189 e. The number of hydrogen-bond acceptors (Lipinski definition) is 2. The summed E-state index contributed by atoms with van der Waals surface area (Å²) in [6, 6.07) is 12.6. The zero-order valence-electron chi connectivity index (χ0n) is 13.8. The van der Waals surface area contributed by atoms with E-state index in [-0.39, 0.29) is 5.78 Å². The van der Waals surface area contributed by atoms with Crippen molar-refractivity contribution in [2.45, 2.75) is 32.1 Å². The molecule has 0 unspecified atom stereocenters. The van der Waals surface area contributed by atoms with Crippen LogP contribution in [-0.4, -0.2) is 18.9 Å². The summed E-state index contributed by atoms with van der Waals surface area (Å²) in [4.78, 5) is 15.2. The fourth-order valence-electron chi connectivity index (χ4n) is 4.59. The van der Waals surface area contributed by atoms with E-state index in [1.54, 1.807) is 0 Å². The molecule has 0 saturated carbocycles. The van der Waals surface area contributed by atoms with Crippen LogP contribution in [0.25, 0.3) is 6.08 Å². The van der Waals surface area contributed by atoms with Crippen molar-refractivity contribution in [1.29, 1.82) is 0 Å². The summed E-state index contributed by atoms with van der Waals surface area (Å²) in [7, 11) is 0. The van der Waals surface area contributed by atoms with Gasteiger partial charge in [0.15, 0.2) is 5.78 Å². The minimum Gasteiger partial charge on any atom is -0.371 e. The van der Waals surface area contributed by atoms with E-state index in [4.69, 9.17) is 0 Å². The summed E-state index contributed by atoms with van der Waals surface area (Å²) in [6.45, 7) is 2.41. The molecule has 0 aromatic heterocycles. The molecular formula is C22H21NO. The SMILES string of the molecule is O=C1/C(=C/c2cc3c4c(c2)CCCN4CCC3)Cc2ccccc21. The molecule has 2 heterocycles. The van der Waals surface area contributed by atoms with Crippen LogP contribution in [-0.2, 0) is 19.3 Å². The van der Waals surface area contributed by atoms with Gasteiger partial charge in [0.1, 0.15) is 0 Å². The van der Waals surface area contributed by atoms with Crippen LogP contribution in [0.4, 0.5) is 5.69 Å². The number of carbonyl (C=O) groups is 1. The first kappa shape index (κ1) is 14.0. The van der Waals surface area contributed by atoms with E-state index in [0.717, 1.165) is 17.6 Å². The van der Waals surface area contributed by atoms with Gasteiger partial charge in [-0.3, -0.25) is 4.79 Å². The summed E-state index contributed by atoms with van der Waals surface area (Å²) in [5.41, 5.74) is 8.65. The third-order valence-electron chi connectivity index (χ3n) is 5.63. The van der Waals surface area contributed by atoms with E-state index in [9.17, 15) is 4.79 Å². The molecule has 2 nitrogen and oxygen atoms in total. The average molecular weight is 315 g/mol. The van der Waals surface area contributed by atoms with Gasteiger partial charge in [0, 0.05) is 36.3 Å². The lowest BCUT2D eigenvalue weighted by Crippen LogP contribution is -2.34. The number of ketones is 1. The first-order valence-electron chi connectivity index (χ1n) is 9.03. The number of Topliss-reactive ketones (excluding diaryl/α,β-unsaturated/α-hetero) is 1. The number of anilines is 1. The standard InChI is InChI=1S/C22H21NO/c24-22-19(14-16-5-1-2-8-20(16)22)13-15-11-17-6-3-9-23-10-4-7-18(12-15)21(17)23/h1-2,5,8,11-13H,3-4,6-7,9-10,14H2/b19-13+. The van der Waals surface area contributed by atoms with Crippen molar-refractivity contribution in [3.05, 3.63) is 69.8 Å². The maximum atomic E-state index is 12.6. The van der Waals surface area contributed by atoms with Gasteiger partial charge in [-0.15, -0.1) is 0 Å². The summed E-state index contributed by atoms with van der Waals surface area (Å²) in [5, 5.41) is 0. The van der Waals surface area contributed by atoms with Crippen molar-refractivity contribution in [2.75, 3.05) is 18.0 Å². The van der Waals surface area contributed by atoms with Gasteiger partial charge < -0.3 is 4.90 Å². The number of allylic oxidation sites excluding steroid dienone is 1. The Morgan fingerprint density at radius 3 is 2.33 bits per heavy atom. The van der Waals surface area contributed by atoms with Gasteiger partial charge in [0.25, 0.3) is 0 Å². The lowest BCUT2D eigenvalue weighted by molar-refractivity contribution is 0.104. The molecule has 0 spiro atoms. The number of rotatable bonds is 1. The van der Waals surface area contributed by atoms with Gasteiger partial charge in [-0.1, -0.05) is 24.3 Å². The molecule has 0 fully saturated rings. The third kappa shape index (κ3) is 2.13. The maximum absolute atomic E-state index is 12.6. The monoisotopic (exact) mass is 315 g/mol. The van der Waals surface area contributed by atoms with Gasteiger partial charge in [-0.2, -0.15) is 0 Å². The van der Waals surface area contributed by atoms with E-state index >= 15 is 0 Å². The molecule has 2 aromatic rings. The molecule has 1 aliphatic carbocycles. The highest BCUT2D eigenvalue weighted by molar-refractivity contribution is 6.15. The van der Waals surface area contributed by atoms with Crippen LogP contribution in [0.5, 0.6) is 0 Å². The van der Waals surface area contributed by atoms with Crippen molar-refractivity contribution < 1.29 is 4.79 Å². The summed E-state index contributed by atoms with van der Waals surface area (Å²) in [5.74, 6) is 0.207. The lowest BCUT2D eigenvalue weighted by atomic mass is 9.89. The molecule has 0 radical (unpaired) electrons. The number of carbonyl (C=O) groups excluding carboxylic acids is 1. The molecule has 0 amide bonds. The van der Waals surface area contributed by atoms with Crippen molar-refractivity contribution in [3.8, 4) is 0 Å². The van der Waals surface area contributed by atoms with Crippen molar-refractivity contribution in [3.63, 3.8) is 0 Å². The molecule has 5 rings (SSSR count). The topological polar surface area (TPSA) is 20.3 Å². The fourth-order valence-corrected chi connectivity index (χ4v) is 4.59. The number of nitrogens with zero attached hydrogens (tertiary/aromatic N) is 1. The zero-order chi connectivity index (χ0) is 16.1. The summed E-state index contributed by atoms with van der Waals surface area (Å²) < 4.78 is 0. The number of benzene rings is 2. The van der Waals surface area contributed by atoms with Crippen LogP contribution in [0.2, 0.25) is 0 Å². The number of fused-ring (bicyclic) bond motifs is 1. The Morgan fingerprint density at radius 2 is 1.62 bits per heavy atom. The first-order valence-corrected chi connectivity index (χ1v) is 9.03. The van der Waals surface area contributed by atoms with E-state index < -0.39 is 0 Å². The highest BCUT2D eigenvalue weighted by Crippen LogP contribution is 2.37. The minimum atomic E-state index is 0.207. The van der Waals surface area contributed by atoms with Crippen LogP contribution in [0.1, 0.15) is 45.5 Å². The van der Waals surface area contributed by atoms with E-state index in [0.29, 0.717) is 0 Å². The predicted molar refractivity (Wildman–Crippen MR) is 97.8 cm³/mol. The first-order chi connectivity index (χ1) is 11.8. The second-order valence-corrected chi connectivity index (χ2v) is 7.21. The molecule has 24 heavy (non-hydrogen) atoms. The van der Waals surface area contributed by atoms with E-state index in [2.05, 4.69) is 29.2 Å². The van der Waals surface area contributed by atoms with Crippen LogP contribution in [0.3, 0.4) is 0 Å². The quantitative estimate of drug-likeness (QED) is 0.735. The van der Waals surface area contributed by atoms with Gasteiger partial charge in [0.05, 0.1) is 0 Å². The molecule has 0 atom stereocenters. The van der Waals surface area contributed by atoms with Crippen molar-refractivity contribution in [1.82, 2.24) is 0 Å². The minimum absolute atomic E-state index is 0.207. The number of hydrogen-bond donors (Lipinski definition) is 0. The van der Waals surface area contributed by atoms with Crippen molar-refractivity contribution in [2.24, 2.45) is 0 Å².